The van der Waals surface area contributed by atoms with Gasteiger partial charge in [-0.3, -0.25) is 4.98 Å². The highest BCUT2D eigenvalue weighted by atomic mass is 127. The molecule has 0 aliphatic carbocycles. The van der Waals surface area contributed by atoms with Crippen LogP contribution in [0.2, 0.25) is 0 Å². The Morgan fingerprint density at radius 1 is 1.00 bits per heavy atom. The van der Waals surface area contributed by atoms with E-state index >= 15 is 0 Å². The summed E-state index contributed by atoms with van der Waals surface area (Å²) in [5, 5.41) is 0. The molecule has 0 atom stereocenters. The van der Waals surface area contributed by atoms with Crippen molar-refractivity contribution in [3.05, 3.63) is 51.7 Å². The van der Waals surface area contributed by atoms with E-state index in [0.29, 0.717) is 9.26 Å². The van der Waals surface area contributed by atoms with Gasteiger partial charge >= 0.3 is 6.18 Å². The molecule has 0 bridgehead atoms. The van der Waals surface area contributed by atoms with Crippen LogP contribution in [0.25, 0.3) is 11.3 Å². The molecule has 1 nitrogen and oxygen atoms in total. The van der Waals surface area contributed by atoms with E-state index in [1.54, 1.807) is 18.2 Å². The number of hydrogen-bond acceptors (Lipinski definition) is 1. The van der Waals surface area contributed by atoms with E-state index in [2.05, 4.69) is 4.98 Å². The molecule has 1 heterocycles. The third-order valence-electron chi connectivity index (χ3n) is 2.25. The van der Waals surface area contributed by atoms with Crippen LogP contribution in [0, 0.1) is 3.57 Å². The van der Waals surface area contributed by atoms with Crippen LogP contribution < -0.4 is 0 Å². The highest BCUT2D eigenvalue weighted by Crippen LogP contribution is 2.37. The van der Waals surface area contributed by atoms with Gasteiger partial charge in [-0.25, -0.2) is 0 Å². The predicted molar refractivity (Wildman–Crippen MR) is 67.4 cm³/mol. The van der Waals surface area contributed by atoms with Crippen molar-refractivity contribution in [3.63, 3.8) is 0 Å². The second-order valence-corrected chi connectivity index (χ2v) is 4.54. The number of alkyl halides is 3. The van der Waals surface area contributed by atoms with E-state index in [4.69, 9.17) is 0 Å². The van der Waals surface area contributed by atoms with Crippen LogP contribution in [-0.4, -0.2) is 4.98 Å². The molecule has 2 rings (SSSR count). The van der Waals surface area contributed by atoms with Gasteiger partial charge in [0, 0.05) is 15.3 Å². The molecule has 0 saturated carbocycles. The van der Waals surface area contributed by atoms with Crippen LogP contribution in [0.5, 0.6) is 0 Å². The fraction of sp³-hybridized carbons (Fsp3) is 0.0833. The molecular formula is C12H7F3IN. The average Bonchev–Trinajstić information content (AvgIpc) is 2.28. The molecule has 0 unspecified atom stereocenters. The second kappa shape index (κ2) is 4.64. The number of aromatic nitrogens is 1. The van der Waals surface area contributed by atoms with Crippen molar-refractivity contribution < 1.29 is 13.2 Å². The molecule has 0 aliphatic rings. The van der Waals surface area contributed by atoms with Gasteiger partial charge in [-0.15, -0.1) is 0 Å². The smallest absolute Gasteiger partial charge is 0.255 e. The summed E-state index contributed by atoms with van der Waals surface area (Å²) in [7, 11) is 0. The lowest BCUT2D eigenvalue weighted by Gasteiger charge is -2.12. The van der Waals surface area contributed by atoms with Gasteiger partial charge in [0.25, 0.3) is 0 Å². The largest absolute Gasteiger partial charge is 0.417 e. The SMILES string of the molecule is FC(F)(F)c1ccccc1-c1ncccc1I. The normalized spacial score (nSPS) is 11.5. The molecule has 2 aromatic rings. The zero-order chi connectivity index (χ0) is 12.5. The molecule has 17 heavy (non-hydrogen) atoms. The summed E-state index contributed by atoms with van der Waals surface area (Å²) in [6, 6.07) is 8.89. The van der Waals surface area contributed by atoms with Crippen LogP contribution in [0.4, 0.5) is 13.2 Å². The second-order valence-electron chi connectivity index (χ2n) is 3.38. The van der Waals surface area contributed by atoms with Crippen molar-refractivity contribution in [2.75, 3.05) is 0 Å². The highest BCUT2D eigenvalue weighted by Gasteiger charge is 2.33. The third-order valence-corrected chi connectivity index (χ3v) is 3.12. The summed E-state index contributed by atoms with van der Waals surface area (Å²) >= 11 is 1.98. The minimum absolute atomic E-state index is 0.116. The van der Waals surface area contributed by atoms with Gasteiger partial charge in [0.05, 0.1) is 11.3 Å². The summed E-state index contributed by atoms with van der Waals surface area (Å²) in [4.78, 5) is 4.02. The Labute approximate surface area is 110 Å². The Bertz CT molecular complexity index is 537. The van der Waals surface area contributed by atoms with Crippen molar-refractivity contribution in [1.29, 1.82) is 0 Å². The summed E-state index contributed by atoms with van der Waals surface area (Å²) in [6.45, 7) is 0. The molecule has 0 saturated heterocycles. The number of hydrogen-bond donors (Lipinski definition) is 0. The molecule has 0 fully saturated rings. The van der Waals surface area contributed by atoms with Gasteiger partial charge in [-0.05, 0) is 40.8 Å². The first kappa shape index (κ1) is 12.3. The first-order chi connectivity index (χ1) is 8.00. The summed E-state index contributed by atoms with van der Waals surface area (Å²) in [5.74, 6) is 0. The van der Waals surface area contributed by atoms with E-state index in [1.807, 2.05) is 22.6 Å². The zero-order valence-corrected chi connectivity index (χ0v) is 10.7. The van der Waals surface area contributed by atoms with E-state index < -0.39 is 11.7 Å². The minimum Gasteiger partial charge on any atom is -0.255 e. The van der Waals surface area contributed by atoms with Crippen molar-refractivity contribution in [2.45, 2.75) is 6.18 Å². The molecule has 0 aliphatic heterocycles. The number of nitrogens with zero attached hydrogens (tertiary/aromatic N) is 1. The Hall–Kier alpha value is -1.11. The minimum atomic E-state index is -4.36. The molecule has 0 amide bonds. The molecule has 0 N–H and O–H groups in total. The predicted octanol–water partition coefficient (Wildman–Crippen LogP) is 4.37. The van der Waals surface area contributed by atoms with Crippen molar-refractivity contribution in [1.82, 2.24) is 4.98 Å². The first-order valence-corrected chi connectivity index (χ1v) is 5.85. The molecule has 88 valence electrons. The van der Waals surface area contributed by atoms with Crippen molar-refractivity contribution in [3.8, 4) is 11.3 Å². The van der Waals surface area contributed by atoms with E-state index in [9.17, 15) is 13.2 Å². The lowest BCUT2D eigenvalue weighted by Crippen LogP contribution is -2.07. The Morgan fingerprint density at radius 2 is 1.71 bits per heavy atom. The van der Waals surface area contributed by atoms with Gasteiger partial charge in [-0.1, -0.05) is 18.2 Å². The molecule has 1 aromatic carbocycles. The first-order valence-electron chi connectivity index (χ1n) is 4.77. The molecular weight excluding hydrogens is 342 g/mol. The van der Waals surface area contributed by atoms with Crippen LogP contribution >= 0.6 is 22.6 Å². The number of halogens is 4. The lowest BCUT2D eigenvalue weighted by molar-refractivity contribution is -0.137. The maximum Gasteiger partial charge on any atom is 0.417 e. The number of pyridine rings is 1. The summed E-state index contributed by atoms with van der Waals surface area (Å²) in [5.41, 5.74) is -0.178. The molecule has 1 aromatic heterocycles. The quantitative estimate of drug-likeness (QED) is 0.697. The lowest BCUT2D eigenvalue weighted by atomic mass is 10.0. The topological polar surface area (TPSA) is 12.9 Å². The number of rotatable bonds is 1. The van der Waals surface area contributed by atoms with Gasteiger partial charge in [0.15, 0.2) is 0 Å². The monoisotopic (exact) mass is 349 g/mol. The summed E-state index contributed by atoms with van der Waals surface area (Å²) < 4.78 is 39.2. The molecule has 0 spiro atoms. The van der Waals surface area contributed by atoms with Crippen molar-refractivity contribution in [2.24, 2.45) is 0 Å². The standard InChI is InChI=1S/C12H7F3IN/c13-12(14,15)9-5-2-1-4-8(9)11-10(16)6-3-7-17-11/h1-7H. The van der Waals surface area contributed by atoms with Gasteiger partial charge in [0.2, 0.25) is 0 Å². The van der Waals surface area contributed by atoms with Crippen LogP contribution in [0.1, 0.15) is 5.56 Å². The number of benzene rings is 1. The van der Waals surface area contributed by atoms with Crippen molar-refractivity contribution >= 4 is 22.6 Å². The highest BCUT2D eigenvalue weighted by molar-refractivity contribution is 14.1. The third kappa shape index (κ3) is 2.59. The fourth-order valence-corrected chi connectivity index (χ4v) is 2.16. The Morgan fingerprint density at radius 3 is 2.35 bits per heavy atom. The molecule has 0 radical (unpaired) electrons. The fourth-order valence-electron chi connectivity index (χ4n) is 1.52. The van der Waals surface area contributed by atoms with Crippen LogP contribution in [0.3, 0.4) is 0 Å². The van der Waals surface area contributed by atoms with Crippen LogP contribution in [0.15, 0.2) is 42.6 Å². The van der Waals surface area contributed by atoms with E-state index in [-0.39, 0.29) is 5.56 Å². The maximum absolute atomic E-state index is 12.8. The van der Waals surface area contributed by atoms with E-state index in [1.165, 1.54) is 18.3 Å². The summed E-state index contributed by atoms with van der Waals surface area (Å²) in [6.07, 6.45) is -2.87. The van der Waals surface area contributed by atoms with Crippen LogP contribution in [-0.2, 0) is 6.18 Å². The zero-order valence-electron chi connectivity index (χ0n) is 8.50. The Balaban J connectivity index is 2.65. The Kier molecular flexibility index (Phi) is 3.37. The maximum atomic E-state index is 12.8. The average molecular weight is 349 g/mol. The molecule has 5 heteroatoms. The van der Waals surface area contributed by atoms with E-state index in [0.717, 1.165) is 6.07 Å². The van der Waals surface area contributed by atoms with Gasteiger partial charge < -0.3 is 0 Å². The van der Waals surface area contributed by atoms with Gasteiger partial charge in [0.1, 0.15) is 0 Å². The van der Waals surface area contributed by atoms with Gasteiger partial charge in [-0.2, -0.15) is 13.2 Å².